The molecular formula is C11H10N2O4S. The third-order valence-corrected chi connectivity index (χ3v) is 3.71. The molecule has 0 radical (unpaired) electrons. The van der Waals surface area contributed by atoms with Crippen LogP contribution in [0.4, 0.5) is 0 Å². The number of esters is 1. The van der Waals surface area contributed by atoms with Gasteiger partial charge in [-0.2, -0.15) is 0 Å². The lowest BCUT2D eigenvalue weighted by Crippen LogP contribution is -2.09. The van der Waals surface area contributed by atoms with Crippen LogP contribution in [0.15, 0.2) is 26.4 Å². The Morgan fingerprint density at radius 1 is 1.44 bits per heavy atom. The Balaban J connectivity index is 1.78. The maximum Gasteiger partial charge on any atom is 0.319 e. The normalized spacial score (nSPS) is 19.2. The zero-order valence-electron chi connectivity index (χ0n) is 9.58. The number of rotatable bonds is 3. The van der Waals surface area contributed by atoms with Crippen molar-refractivity contribution in [2.45, 2.75) is 23.8 Å². The Morgan fingerprint density at radius 3 is 3.00 bits per heavy atom. The van der Waals surface area contributed by atoms with Crippen molar-refractivity contribution in [2.24, 2.45) is 0 Å². The van der Waals surface area contributed by atoms with Crippen LogP contribution in [-0.4, -0.2) is 28.0 Å². The van der Waals surface area contributed by atoms with Gasteiger partial charge in [0.1, 0.15) is 11.0 Å². The van der Waals surface area contributed by atoms with Gasteiger partial charge in [-0.25, -0.2) is 0 Å². The summed E-state index contributed by atoms with van der Waals surface area (Å²) in [4.78, 5) is 11.3. The van der Waals surface area contributed by atoms with Crippen LogP contribution in [0.2, 0.25) is 0 Å². The van der Waals surface area contributed by atoms with Crippen LogP contribution in [0.25, 0.3) is 11.5 Å². The van der Waals surface area contributed by atoms with Gasteiger partial charge in [-0.1, -0.05) is 0 Å². The van der Waals surface area contributed by atoms with Gasteiger partial charge in [0.05, 0.1) is 18.4 Å². The third-order valence-electron chi connectivity index (χ3n) is 2.63. The molecule has 3 heterocycles. The van der Waals surface area contributed by atoms with E-state index in [4.69, 9.17) is 13.6 Å². The molecule has 0 bridgehead atoms. The summed E-state index contributed by atoms with van der Waals surface area (Å²) >= 11 is 1.24. The van der Waals surface area contributed by atoms with Crippen molar-refractivity contribution in [1.82, 2.24) is 10.2 Å². The molecule has 1 aliphatic heterocycles. The molecule has 6 nitrogen and oxygen atoms in total. The minimum atomic E-state index is -0.247. The van der Waals surface area contributed by atoms with Crippen LogP contribution < -0.4 is 0 Å². The fraction of sp³-hybridized carbons (Fsp3) is 0.364. The number of hydrogen-bond donors (Lipinski definition) is 0. The number of thioether (sulfide) groups is 1. The summed E-state index contributed by atoms with van der Waals surface area (Å²) < 4.78 is 15.5. The van der Waals surface area contributed by atoms with E-state index in [1.165, 1.54) is 11.8 Å². The average molecular weight is 266 g/mol. The molecule has 2 aromatic rings. The average Bonchev–Trinajstić information content (AvgIpc) is 3.03. The molecule has 1 saturated heterocycles. The third kappa shape index (κ3) is 2.01. The molecule has 0 spiro atoms. The molecule has 0 aliphatic carbocycles. The smallest absolute Gasteiger partial charge is 0.319 e. The summed E-state index contributed by atoms with van der Waals surface area (Å²) in [7, 11) is 0. The zero-order valence-corrected chi connectivity index (χ0v) is 10.4. The lowest BCUT2D eigenvalue weighted by Gasteiger charge is -1.98. The molecule has 2 aromatic heterocycles. The van der Waals surface area contributed by atoms with Gasteiger partial charge in [-0.05, 0) is 24.8 Å². The lowest BCUT2D eigenvalue weighted by atomic mass is 10.3. The van der Waals surface area contributed by atoms with Crippen molar-refractivity contribution in [3.63, 3.8) is 0 Å². The van der Waals surface area contributed by atoms with E-state index in [2.05, 4.69) is 10.2 Å². The molecule has 0 unspecified atom stereocenters. The van der Waals surface area contributed by atoms with Crippen molar-refractivity contribution in [3.8, 4) is 11.5 Å². The maximum atomic E-state index is 11.3. The van der Waals surface area contributed by atoms with Crippen molar-refractivity contribution in [3.05, 3.63) is 18.1 Å². The summed E-state index contributed by atoms with van der Waals surface area (Å²) in [6.07, 6.45) is 2.24. The number of aryl methyl sites for hydroxylation is 1. The Kier molecular flexibility index (Phi) is 2.83. The van der Waals surface area contributed by atoms with Gasteiger partial charge in [0, 0.05) is 6.42 Å². The monoisotopic (exact) mass is 266 g/mol. The summed E-state index contributed by atoms with van der Waals surface area (Å²) in [5.74, 6) is 0.893. The summed E-state index contributed by atoms with van der Waals surface area (Å²) in [6.45, 7) is 2.28. The Morgan fingerprint density at radius 2 is 2.33 bits per heavy atom. The first-order valence-electron chi connectivity index (χ1n) is 5.45. The standard InChI is InChI=1S/C11H10N2O4S/c1-6-7(2-4-15-6)9-12-13-11(17-9)18-8-3-5-16-10(8)14/h2,4,8H,3,5H2,1H3/t8-/m1/s1. The minimum absolute atomic E-state index is 0.223. The summed E-state index contributed by atoms with van der Waals surface area (Å²) in [5, 5.41) is 7.97. The van der Waals surface area contributed by atoms with E-state index in [-0.39, 0.29) is 11.2 Å². The second-order valence-corrected chi connectivity index (χ2v) is 4.98. The number of furan rings is 1. The molecular weight excluding hydrogens is 256 g/mol. The molecule has 0 aromatic carbocycles. The fourth-order valence-corrected chi connectivity index (χ4v) is 2.52. The first kappa shape index (κ1) is 11.3. The van der Waals surface area contributed by atoms with Gasteiger partial charge in [0.2, 0.25) is 0 Å². The van der Waals surface area contributed by atoms with E-state index in [1.807, 2.05) is 6.92 Å². The number of nitrogens with zero attached hydrogens (tertiary/aromatic N) is 2. The SMILES string of the molecule is Cc1occc1-c1nnc(S[C@@H]2CCOC2=O)o1. The molecule has 94 valence electrons. The van der Waals surface area contributed by atoms with Crippen molar-refractivity contribution in [2.75, 3.05) is 6.61 Å². The van der Waals surface area contributed by atoms with E-state index in [1.54, 1.807) is 12.3 Å². The van der Waals surface area contributed by atoms with Crippen LogP contribution in [0.3, 0.4) is 0 Å². The highest BCUT2D eigenvalue weighted by molar-refractivity contribution is 8.00. The van der Waals surface area contributed by atoms with Crippen LogP contribution in [0.1, 0.15) is 12.2 Å². The minimum Gasteiger partial charge on any atom is -0.469 e. The molecule has 7 heteroatoms. The first-order valence-corrected chi connectivity index (χ1v) is 6.33. The number of hydrogen-bond acceptors (Lipinski definition) is 7. The predicted octanol–water partition coefficient (Wildman–Crippen LogP) is 2.05. The number of cyclic esters (lactones) is 1. The zero-order chi connectivity index (χ0) is 12.5. The Hall–Kier alpha value is -1.76. The van der Waals surface area contributed by atoms with Crippen LogP contribution >= 0.6 is 11.8 Å². The second kappa shape index (κ2) is 4.49. The maximum absolute atomic E-state index is 11.3. The van der Waals surface area contributed by atoms with E-state index < -0.39 is 0 Å². The first-order chi connectivity index (χ1) is 8.74. The molecule has 1 atom stereocenters. The van der Waals surface area contributed by atoms with Crippen LogP contribution in [-0.2, 0) is 9.53 Å². The van der Waals surface area contributed by atoms with E-state index in [0.717, 1.165) is 11.3 Å². The van der Waals surface area contributed by atoms with Gasteiger partial charge >= 0.3 is 5.97 Å². The highest BCUT2D eigenvalue weighted by Crippen LogP contribution is 2.31. The van der Waals surface area contributed by atoms with Gasteiger partial charge in [0.25, 0.3) is 11.1 Å². The molecule has 3 rings (SSSR count). The Labute approximate surface area is 107 Å². The molecule has 0 amide bonds. The van der Waals surface area contributed by atoms with E-state index >= 15 is 0 Å². The number of ether oxygens (including phenoxy) is 1. The molecule has 18 heavy (non-hydrogen) atoms. The molecule has 1 fully saturated rings. The fourth-order valence-electron chi connectivity index (χ4n) is 1.68. The van der Waals surface area contributed by atoms with E-state index in [9.17, 15) is 4.79 Å². The predicted molar refractivity (Wildman–Crippen MR) is 62.0 cm³/mol. The molecule has 0 saturated carbocycles. The highest BCUT2D eigenvalue weighted by Gasteiger charge is 2.29. The molecule has 1 aliphatic rings. The summed E-state index contributed by atoms with van der Waals surface area (Å²) in [6, 6.07) is 1.77. The molecule has 0 N–H and O–H groups in total. The summed E-state index contributed by atoms with van der Waals surface area (Å²) in [5.41, 5.74) is 0.767. The lowest BCUT2D eigenvalue weighted by molar-refractivity contribution is -0.137. The second-order valence-electron chi connectivity index (χ2n) is 3.83. The van der Waals surface area contributed by atoms with Crippen molar-refractivity contribution >= 4 is 17.7 Å². The topological polar surface area (TPSA) is 78.4 Å². The van der Waals surface area contributed by atoms with Crippen LogP contribution in [0, 0.1) is 6.92 Å². The van der Waals surface area contributed by atoms with Crippen molar-refractivity contribution in [1.29, 1.82) is 0 Å². The van der Waals surface area contributed by atoms with Gasteiger partial charge < -0.3 is 13.6 Å². The van der Waals surface area contributed by atoms with Crippen LogP contribution in [0.5, 0.6) is 0 Å². The van der Waals surface area contributed by atoms with E-state index in [0.29, 0.717) is 24.1 Å². The van der Waals surface area contributed by atoms with Crippen molar-refractivity contribution < 1.29 is 18.4 Å². The van der Waals surface area contributed by atoms with Gasteiger partial charge in [-0.3, -0.25) is 4.79 Å². The largest absolute Gasteiger partial charge is 0.469 e. The number of carbonyl (C=O) groups excluding carboxylic acids is 1. The highest BCUT2D eigenvalue weighted by atomic mass is 32.2. The number of aromatic nitrogens is 2. The van der Waals surface area contributed by atoms with Gasteiger partial charge in [-0.15, -0.1) is 10.2 Å². The Bertz CT molecular complexity index is 577. The number of carbonyl (C=O) groups is 1. The van der Waals surface area contributed by atoms with Gasteiger partial charge in [0.15, 0.2) is 0 Å². The quantitative estimate of drug-likeness (QED) is 0.786.